The monoisotopic (exact) mass is 146 g/mol. The smallest absolute Gasteiger partial charge is 1.00 e. The molecule has 0 saturated carbocycles. The molecule has 1 atom stereocenters. The summed E-state index contributed by atoms with van der Waals surface area (Å²) < 4.78 is 4.38. The molecule has 0 aliphatic rings. The second-order valence-electron chi connectivity index (χ2n) is 1.20. The van der Waals surface area contributed by atoms with Crippen molar-refractivity contribution in [3.63, 3.8) is 0 Å². The molecule has 0 fully saturated rings. The van der Waals surface area contributed by atoms with E-state index in [-0.39, 0.29) is 37.1 Å². The molecule has 44 valence electrons. The molecule has 0 aromatic heterocycles. The Morgan fingerprint density at radius 2 is 2.50 bits per heavy atom. The minimum atomic E-state index is -0.154. The summed E-state index contributed by atoms with van der Waals surface area (Å²) in [6.45, 7) is 2.12. The predicted octanol–water partition coefficient (Wildman–Crippen LogP) is -2.10. The number of ether oxygens (including phenoxy) is 1. The first kappa shape index (κ1) is 11.5. The van der Waals surface area contributed by atoms with Crippen molar-refractivity contribution >= 4 is 18.1 Å². The van der Waals surface area contributed by atoms with Crippen LogP contribution in [0.15, 0.2) is 0 Å². The number of alkyl halides is 1. The first-order valence-corrected chi connectivity index (χ1v) is 2.49. The zero-order chi connectivity index (χ0) is 5.70. The fourth-order valence-corrected chi connectivity index (χ4v) is 0.204. The summed E-state index contributed by atoms with van der Waals surface area (Å²) in [5.41, 5.74) is 0. The van der Waals surface area contributed by atoms with E-state index in [4.69, 9.17) is 11.6 Å². The van der Waals surface area contributed by atoms with E-state index < -0.39 is 0 Å². The van der Waals surface area contributed by atoms with Gasteiger partial charge in [-0.2, -0.15) is 0 Å². The summed E-state index contributed by atoms with van der Waals surface area (Å²) in [5.74, 6) is 0.360. The topological polar surface area (TPSA) is 26.3 Å². The number of carbonyl (C=O) groups is 1. The fraction of sp³-hybridized carbons (Fsp3) is 0.750. The molecule has 2 nitrogen and oxygen atoms in total. The molecule has 0 spiro atoms. The predicted molar refractivity (Wildman–Crippen MR) is 28.4 cm³/mol. The van der Waals surface area contributed by atoms with E-state index in [2.05, 4.69) is 4.74 Å². The van der Waals surface area contributed by atoms with Crippen LogP contribution in [0, 0.1) is 0 Å². The molecule has 0 aromatic carbocycles. The van der Waals surface area contributed by atoms with E-state index in [0.29, 0.717) is 12.4 Å². The quantitative estimate of drug-likeness (QED) is 0.259. The molecule has 0 radical (unpaired) electrons. The first-order chi connectivity index (χ1) is 3.31. The first-order valence-electron chi connectivity index (χ1n) is 1.96. The largest absolute Gasteiger partial charge is 1.00 e. The zero-order valence-corrected chi connectivity index (χ0v) is 7.81. The third kappa shape index (κ3) is 6.76. The molecule has 8 heavy (non-hydrogen) atoms. The van der Waals surface area contributed by atoms with Crippen molar-refractivity contribution in [2.45, 2.75) is 13.0 Å². The Kier molecular flexibility index (Phi) is 11.2. The Labute approximate surface area is 77.3 Å². The van der Waals surface area contributed by atoms with Gasteiger partial charge in [-0.25, -0.2) is 0 Å². The summed E-state index contributed by atoms with van der Waals surface area (Å²) in [7, 11) is 0. The molecule has 0 aliphatic heterocycles. The average Bonchev–Trinajstić information content (AvgIpc) is 1.68. The standard InChI is InChI=1S/C4H7ClO2.Na.H/c1-4(2-5)7-3-6;;/h3-4H,2H2,1H3;;/q;+1;-1. The number of hydrogen-bond acceptors (Lipinski definition) is 2. The second kappa shape index (κ2) is 7.76. The van der Waals surface area contributed by atoms with Crippen LogP contribution >= 0.6 is 11.6 Å². The molecule has 0 saturated heterocycles. The molecular weight excluding hydrogens is 138 g/mol. The molecule has 0 bridgehead atoms. The van der Waals surface area contributed by atoms with E-state index in [1.165, 1.54) is 0 Å². The summed E-state index contributed by atoms with van der Waals surface area (Å²) in [4.78, 5) is 9.49. The van der Waals surface area contributed by atoms with Gasteiger partial charge in [0.1, 0.15) is 6.10 Å². The SMILES string of the molecule is CC(CCl)OC=O.[H-].[Na+]. The summed E-state index contributed by atoms with van der Waals surface area (Å²) in [6, 6.07) is 0. The van der Waals surface area contributed by atoms with Crippen LogP contribution in [0.3, 0.4) is 0 Å². The van der Waals surface area contributed by atoms with Crippen molar-refractivity contribution < 1.29 is 40.5 Å². The van der Waals surface area contributed by atoms with E-state index in [9.17, 15) is 4.79 Å². The van der Waals surface area contributed by atoms with Gasteiger partial charge in [-0.1, -0.05) is 0 Å². The fourth-order valence-electron chi connectivity index (χ4n) is 0.131. The van der Waals surface area contributed by atoms with Gasteiger partial charge in [0.25, 0.3) is 6.47 Å². The van der Waals surface area contributed by atoms with Gasteiger partial charge in [-0.3, -0.25) is 4.79 Å². The van der Waals surface area contributed by atoms with Gasteiger partial charge in [-0.05, 0) is 6.92 Å². The van der Waals surface area contributed by atoms with Crippen molar-refractivity contribution in [2.75, 3.05) is 5.88 Å². The van der Waals surface area contributed by atoms with Crippen molar-refractivity contribution in [2.24, 2.45) is 0 Å². The molecular formula is C4H8ClNaO2. The molecule has 0 aromatic rings. The Morgan fingerprint density at radius 1 is 2.00 bits per heavy atom. The van der Waals surface area contributed by atoms with Gasteiger partial charge in [0.2, 0.25) is 0 Å². The van der Waals surface area contributed by atoms with Crippen LogP contribution in [-0.4, -0.2) is 18.5 Å². The molecule has 0 aliphatic carbocycles. The summed E-state index contributed by atoms with van der Waals surface area (Å²) >= 11 is 5.25. The normalized spacial score (nSPS) is 11.2. The molecule has 0 rings (SSSR count). The van der Waals surface area contributed by atoms with Gasteiger partial charge in [0, 0.05) is 0 Å². The van der Waals surface area contributed by atoms with Crippen LogP contribution in [0.4, 0.5) is 0 Å². The van der Waals surface area contributed by atoms with Gasteiger partial charge < -0.3 is 6.16 Å². The third-order valence-electron chi connectivity index (χ3n) is 0.505. The van der Waals surface area contributed by atoms with Crippen LogP contribution in [-0.2, 0) is 9.53 Å². The number of halogens is 1. The Hall–Kier alpha value is 0.760. The van der Waals surface area contributed by atoms with Crippen LogP contribution < -0.4 is 29.6 Å². The van der Waals surface area contributed by atoms with Crippen LogP contribution in [0.1, 0.15) is 8.35 Å². The van der Waals surface area contributed by atoms with Crippen molar-refractivity contribution in [1.29, 1.82) is 0 Å². The van der Waals surface area contributed by atoms with Crippen LogP contribution in [0.2, 0.25) is 0 Å². The third-order valence-corrected chi connectivity index (χ3v) is 0.940. The minimum Gasteiger partial charge on any atom is -1.00 e. The van der Waals surface area contributed by atoms with Crippen molar-refractivity contribution in [3.8, 4) is 0 Å². The van der Waals surface area contributed by atoms with Crippen LogP contribution in [0.5, 0.6) is 0 Å². The Bertz CT molecular complexity index is 64.5. The molecule has 1 unspecified atom stereocenters. The maximum Gasteiger partial charge on any atom is 1.00 e. The summed E-state index contributed by atoms with van der Waals surface area (Å²) in [5, 5.41) is 0. The zero-order valence-electron chi connectivity index (χ0n) is 6.06. The molecule has 0 amide bonds. The van der Waals surface area contributed by atoms with Crippen LogP contribution in [0.25, 0.3) is 0 Å². The van der Waals surface area contributed by atoms with Crippen molar-refractivity contribution in [3.05, 3.63) is 0 Å². The van der Waals surface area contributed by atoms with Crippen molar-refractivity contribution in [1.82, 2.24) is 0 Å². The number of rotatable bonds is 3. The molecule has 4 heteroatoms. The maximum atomic E-state index is 9.49. The maximum absolute atomic E-state index is 9.49. The van der Waals surface area contributed by atoms with Gasteiger partial charge in [-0.15, -0.1) is 11.6 Å². The Morgan fingerprint density at radius 3 is 2.62 bits per heavy atom. The van der Waals surface area contributed by atoms with Gasteiger partial charge in [0.05, 0.1) is 5.88 Å². The summed E-state index contributed by atoms with van der Waals surface area (Å²) in [6.07, 6.45) is -0.154. The molecule has 0 heterocycles. The second-order valence-corrected chi connectivity index (χ2v) is 1.51. The number of carbonyl (C=O) groups excluding carboxylic acids is 1. The van der Waals surface area contributed by atoms with Gasteiger partial charge >= 0.3 is 29.6 Å². The average molecular weight is 147 g/mol. The van der Waals surface area contributed by atoms with Gasteiger partial charge in [0.15, 0.2) is 0 Å². The minimum absolute atomic E-state index is 0. The van der Waals surface area contributed by atoms with E-state index in [1.54, 1.807) is 6.92 Å². The number of hydrogen-bond donors (Lipinski definition) is 0. The molecule has 0 N–H and O–H groups in total. The van der Waals surface area contributed by atoms with E-state index >= 15 is 0 Å². The Balaban J connectivity index is -0.000000180. The van der Waals surface area contributed by atoms with E-state index in [0.717, 1.165) is 0 Å². The van der Waals surface area contributed by atoms with E-state index in [1.807, 2.05) is 0 Å².